The van der Waals surface area contributed by atoms with Crippen LogP contribution in [0.1, 0.15) is 25.0 Å². The van der Waals surface area contributed by atoms with Gasteiger partial charge < -0.3 is 0 Å². The van der Waals surface area contributed by atoms with Gasteiger partial charge in [0.2, 0.25) is 11.8 Å². The molecule has 0 bridgehead atoms. The van der Waals surface area contributed by atoms with E-state index in [9.17, 15) is 9.59 Å². The van der Waals surface area contributed by atoms with Crippen LogP contribution in [0.25, 0.3) is 0 Å². The summed E-state index contributed by atoms with van der Waals surface area (Å²) in [5, 5.41) is 0.316. The molecule has 0 radical (unpaired) electrons. The van der Waals surface area contributed by atoms with Crippen molar-refractivity contribution in [1.29, 1.82) is 0 Å². The van der Waals surface area contributed by atoms with Crippen LogP contribution in [0.5, 0.6) is 0 Å². The molecule has 0 atom stereocenters. The highest BCUT2D eigenvalue weighted by atomic mass is 32.1. The van der Waals surface area contributed by atoms with E-state index in [-0.39, 0.29) is 11.8 Å². The minimum absolute atomic E-state index is 0.218. The molecule has 2 aromatic carbocycles. The molecule has 3 rings (SSSR count). The highest BCUT2D eigenvalue weighted by molar-refractivity contribution is 7.80. The van der Waals surface area contributed by atoms with E-state index in [1.807, 2.05) is 60.7 Å². The Balaban J connectivity index is 1.76. The number of hydrogen-bond donors (Lipinski definition) is 0. The molecular weight excluding hydrogens is 356 g/mol. The quantitative estimate of drug-likeness (QED) is 0.569. The van der Waals surface area contributed by atoms with Gasteiger partial charge in [-0.1, -0.05) is 60.7 Å². The van der Waals surface area contributed by atoms with E-state index in [4.69, 9.17) is 12.2 Å². The van der Waals surface area contributed by atoms with Gasteiger partial charge in [-0.3, -0.25) is 19.4 Å². The van der Waals surface area contributed by atoms with Gasteiger partial charge in [0.25, 0.3) is 0 Å². The molecule has 1 saturated heterocycles. The van der Waals surface area contributed by atoms with Crippen molar-refractivity contribution in [2.75, 3.05) is 13.1 Å². The summed E-state index contributed by atoms with van der Waals surface area (Å²) in [5.74, 6) is -0.436. The van der Waals surface area contributed by atoms with E-state index in [1.165, 1.54) is 0 Å². The number of hydrogen-bond acceptors (Lipinski definition) is 3. The third-order valence-electron chi connectivity index (χ3n) is 4.96. The van der Waals surface area contributed by atoms with Gasteiger partial charge in [-0.05, 0) is 50.0 Å². The maximum atomic E-state index is 12.9. The third kappa shape index (κ3) is 4.08. The molecule has 5 heteroatoms. The van der Waals surface area contributed by atoms with Gasteiger partial charge in [0, 0.05) is 13.1 Å². The zero-order valence-electron chi connectivity index (χ0n) is 15.7. The van der Waals surface area contributed by atoms with Crippen LogP contribution < -0.4 is 0 Å². The molecule has 0 unspecified atom stereocenters. The summed E-state index contributed by atoms with van der Waals surface area (Å²) >= 11 is 5.55. The fraction of sp³-hybridized carbons (Fsp3) is 0.318. The molecule has 0 spiro atoms. The van der Waals surface area contributed by atoms with Crippen LogP contribution in [0.2, 0.25) is 0 Å². The van der Waals surface area contributed by atoms with Crippen molar-refractivity contribution in [3.63, 3.8) is 0 Å². The van der Waals surface area contributed by atoms with Crippen LogP contribution >= 0.6 is 12.2 Å². The number of benzene rings is 2. The summed E-state index contributed by atoms with van der Waals surface area (Å²) < 4.78 is 0. The Labute approximate surface area is 165 Å². The molecule has 27 heavy (non-hydrogen) atoms. The van der Waals surface area contributed by atoms with E-state index in [0.717, 1.165) is 11.1 Å². The van der Waals surface area contributed by atoms with E-state index < -0.39 is 5.41 Å². The first-order valence-corrected chi connectivity index (χ1v) is 9.58. The maximum Gasteiger partial charge on any atom is 0.243 e. The number of amides is 2. The number of rotatable bonds is 6. The van der Waals surface area contributed by atoms with Crippen molar-refractivity contribution < 1.29 is 9.59 Å². The molecule has 0 aromatic heterocycles. The molecule has 1 aliphatic rings. The van der Waals surface area contributed by atoms with Gasteiger partial charge in [-0.2, -0.15) is 0 Å². The summed E-state index contributed by atoms with van der Waals surface area (Å²) in [5.41, 5.74) is 1.17. The standard InChI is InChI=1S/C22H24N2O2S/c1-22(2)19(25)23(15-13-17-9-5-3-6-10-17)21(27)24(20(22)26)16-14-18-11-7-4-8-12-18/h3-12H,13-16H2,1-2H3. The van der Waals surface area contributed by atoms with E-state index in [2.05, 4.69) is 0 Å². The summed E-state index contributed by atoms with van der Waals surface area (Å²) in [7, 11) is 0. The Morgan fingerprint density at radius 3 is 1.48 bits per heavy atom. The van der Waals surface area contributed by atoms with Crippen LogP contribution in [-0.4, -0.2) is 39.8 Å². The lowest BCUT2D eigenvalue weighted by Gasteiger charge is -2.43. The minimum atomic E-state index is -1.10. The normalized spacial score (nSPS) is 16.7. The highest BCUT2D eigenvalue weighted by Crippen LogP contribution is 2.29. The molecule has 0 N–H and O–H groups in total. The maximum absolute atomic E-state index is 12.9. The smallest absolute Gasteiger partial charge is 0.243 e. The first kappa shape index (κ1) is 19.2. The zero-order chi connectivity index (χ0) is 19.4. The lowest BCUT2D eigenvalue weighted by atomic mass is 9.87. The fourth-order valence-electron chi connectivity index (χ4n) is 3.25. The van der Waals surface area contributed by atoms with Gasteiger partial charge in [0.1, 0.15) is 5.41 Å². The number of carbonyl (C=O) groups is 2. The van der Waals surface area contributed by atoms with Gasteiger partial charge in [0.15, 0.2) is 5.11 Å². The van der Waals surface area contributed by atoms with Crippen molar-refractivity contribution in [3.8, 4) is 0 Å². The Kier molecular flexibility index (Phi) is 5.71. The molecule has 0 aliphatic carbocycles. The largest absolute Gasteiger partial charge is 0.288 e. The fourth-order valence-corrected chi connectivity index (χ4v) is 3.60. The molecule has 2 amide bonds. The molecule has 1 heterocycles. The third-order valence-corrected chi connectivity index (χ3v) is 5.40. The second kappa shape index (κ2) is 8.01. The highest BCUT2D eigenvalue weighted by Gasteiger charge is 2.49. The van der Waals surface area contributed by atoms with E-state index >= 15 is 0 Å². The summed E-state index contributed by atoms with van der Waals surface area (Å²) in [6, 6.07) is 20.0. The van der Waals surface area contributed by atoms with E-state index in [0.29, 0.717) is 31.0 Å². The van der Waals surface area contributed by atoms with Gasteiger partial charge >= 0.3 is 0 Å². The molecule has 0 saturated carbocycles. The Morgan fingerprint density at radius 2 is 1.11 bits per heavy atom. The average Bonchev–Trinajstić information content (AvgIpc) is 2.68. The second-order valence-corrected chi connectivity index (χ2v) is 7.66. The molecule has 1 aliphatic heterocycles. The predicted molar refractivity (Wildman–Crippen MR) is 110 cm³/mol. The van der Waals surface area contributed by atoms with Crippen LogP contribution in [0.3, 0.4) is 0 Å². The Morgan fingerprint density at radius 1 is 0.741 bits per heavy atom. The predicted octanol–water partition coefficient (Wildman–Crippen LogP) is 3.45. The van der Waals surface area contributed by atoms with Crippen molar-refractivity contribution in [3.05, 3.63) is 71.8 Å². The second-order valence-electron chi connectivity index (χ2n) is 7.29. The van der Waals surface area contributed by atoms with E-state index in [1.54, 1.807) is 23.6 Å². The Bertz CT molecular complexity index is 766. The number of carbonyl (C=O) groups excluding carboxylic acids is 2. The van der Waals surface area contributed by atoms with Crippen molar-refractivity contribution in [2.45, 2.75) is 26.7 Å². The number of nitrogens with zero attached hydrogens (tertiary/aromatic N) is 2. The lowest BCUT2D eigenvalue weighted by molar-refractivity contribution is -0.153. The van der Waals surface area contributed by atoms with Gasteiger partial charge in [-0.25, -0.2) is 0 Å². The average molecular weight is 381 g/mol. The summed E-state index contributed by atoms with van der Waals surface area (Å²) in [6.07, 6.45) is 1.40. The van der Waals surface area contributed by atoms with Crippen LogP contribution in [0.15, 0.2) is 60.7 Å². The SMILES string of the molecule is CC1(C)C(=O)N(CCc2ccccc2)C(=S)N(CCc2ccccc2)C1=O. The van der Waals surface area contributed by atoms with Crippen LogP contribution in [0, 0.1) is 5.41 Å². The monoisotopic (exact) mass is 380 g/mol. The summed E-state index contributed by atoms with van der Waals surface area (Å²) in [4.78, 5) is 29.0. The summed E-state index contributed by atoms with van der Waals surface area (Å²) in [6.45, 7) is 4.31. The Hall–Kier alpha value is -2.53. The first-order chi connectivity index (χ1) is 12.9. The lowest BCUT2D eigenvalue weighted by Crippen LogP contribution is -2.63. The van der Waals surface area contributed by atoms with Gasteiger partial charge in [0.05, 0.1) is 0 Å². The molecule has 4 nitrogen and oxygen atoms in total. The van der Waals surface area contributed by atoms with Crippen LogP contribution in [0.4, 0.5) is 0 Å². The zero-order valence-corrected chi connectivity index (χ0v) is 16.5. The number of thiocarbonyl (C=S) groups is 1. The van der Waals surface area contributed by atoms with Crippen molar-refractivity contribution in [1.82, 2.24) is 9.80 Å². The van der Waals surface area contributed by atoms with Gasteiger partial charge in [-0.15, -0.1) is 0 Å². The van der Waals surface area contributed by atoms with Crippen molar-refractivity contribution >= 4 is 29.1 Å². The van der Waals surface area contributed by atoms with Crippen LogP contribution in [-0.2, 0) is 22.4 Å². The van der Waals surface area contributed by atoms with Crippen molar-refractivity contribution in [2.24, 2.45) is 5.41 Å². The topological polar surface area (TPSA) is 40.6 Å². The molecule has 2 aromatic rings. The molecule has 140 valence electrons. The molecular formula is C22H24N2O2S. The minimum Gasteiger partial charge on any atom is -0.288 e. The first-order valence-electron chi connectivity index (χ1n) is 9.17. The molecule has 1 fully saturated rings.